The minimum Gasteiger partial charge on any atom is -0.396 e. The van der Waals surface area contributed by atoms with Gasteiger partial charge in [-0.25, -0.2) is 19.9 Å². The molecule has 23 nitrogen and oxygen atoms in total. The number of nitrogens with one attached hydrogen (secondary N) is 5. The van der Waals surface area contributed by atoms with Crippen molar-refractivity contribution in [3.63, 3.8) is 0 Å². The minimum absolute atomic E-state index is 0.0158. The number of piperidine rings is 5. The number of nitriles is 1. The molecule has 0 radical (unpaired) electrons. The van der Waals surface area contributed by atoms with Gasteiger partial charge >= 0.3 is 0 Å². The van der Waals surface area contributed by atoms with Crippen LogP contribution in [0, 0.1) is 40.4 Å². The first kappa shape index (κ1) is 94.0. The highest BCUT2D eigenvalue weighted by Gasteiger charge is 2.52. The van der Waals surface area contributed by atoms with Crippen LogP contribution in [0.1, 0.15) is 322 Å². The molecule has 15 unspecified atom stereocenters. The Hall–Kier alpha value is -9.18. The summed E-state index contributed by atoms with van der Waals surface area (Å²) in [6.07, 6.45) is 51.6. The van der Waals surface area contributed by atoms with E-state index in [2.05, 4.69) is 149 Å². The second-order valence-electron chi connectivity index (χ2n) is 40.6. The summed E-state index contributed by atoms with van der Waals surface area (Å²) in [6, 6.07) is 21.6. The number of aromatic nitrogens is 9. The molecular formula is C105H139Cl2N15O8. The van der Waals surface area contributed by atoms with Crippen molar-refractivity contribution in [1.29, 1.82) is 5.26 Å². The second kappa shape index (κ2) is 41.5. The molecule has 20 rings (SSSR count). The number of fused-ring (bicyclic) bond motifs is 10. The van der Waals surface area contributed by atoms with Gasteiger partial charge in [0.2, 0.25) is 29.5 Å². The van der Waals surface area contributed by atoms with Gasteiger partial charge < -0.3 is 64.7 Å². The van der Waals surface area contributed by atoms with Crippen LogP contribution in [0.5, 0.6) is 0 Å². The summed E-state index contributed by atoms with van der Waals surface area (Å²) in [5.41, 5.74) is 10.3. The van der Waals surface area contributed by atoms with Gasteiger partial charge in [0.15, 0.2) is 0 Å². The molecule has 696 valence electrons. The lowest BCUT2D eigenvalue weighted by atomic mass is 9.65. The molecule has 130 heavy (non-hydrogen) atoms. The number of likely N-dealkylation sites (tertiary alicyclic amines) is 5. The fraction of sp³-hybridized carbons (Fsp3) is 0.600. The van der Waals surface area contributed by atoms with E-state index in [9.17, 15) is 44.6 Å². The average Bonchev–Trinajstić information content (AvgIpc) is 1.34. The van der Waals surface area contributed by atoms with Crippen LogP contribution in [0.25, 0.3) is 55.0 Å². The van der Waals surface area contributed by atoms with Crippen molar-refractivity contribution in [2.75, 3.05) is 45.9 Å². The Kier molecular flexibility index (Phi) is 30.0. The summed E-state index contributed by atoms with van der Waals surface area (Å²) in [5, 5.41) is 47.7. The predicted molar refractivity (Wildman–Crippen MR) is 514 cm³/mol. The molecule has 25 heteroatoms. The quantitative estimate of drug-likeness (QED) is 0.0421. The van der Waals surface area contributed by atoms with Crippen molar-refractivity contribution in [2.45, 2.75) is 332 Å². The van der Waals surface area contributed by atoms with Crippen LogP contribution in [0.15, 0.2) is 110 Å². The SMILES string of the molecule is CC(CC(=O)N1CCCC2(CO)CCCCC12)c1c[nH]c2nccc(Cl)c12.CC(CC(=O)N1CCCC2(CO)CCCCC12)c1c[nH]c2ncccc12.CC(CC(=O)N1CCCC2(O)CCCCC12)c1c[nH]c2nccc(Cl)c12.CC(CC(=O)N1CCCC2CCCCC21)c1c[nH]c2ncccc12.Cc1cccc2[nH]cc(C(C)CC(=O)N3CCCC4(C#N)CCCCC34)c12. The second-order valence-corrected chi connectivity index (χ2v) is 41.5. The summed E-state index contributed by atoms with van der Waals surface area (Å²) >= 11 is 12.7. The highest BCUT2D eigenvalue weighted by molar-refractivity contribution is 6.36. The number of rotatable bonds is 17. The van der Waals surface area contributed by atoms with Crippen LogP contribution < -0.4 is 0 Å². The van der Waals surface area contributed by atoms with E-state index in [0.29, 0.717) is 54.1 Å². The van der Waals surface area contributed by atoms with Gasteiger partial charge in [-0.15, -0.1) is 0 Å². The fourth-order valence-corrected chi connectivity index (χ4v) is 26.2. The summed E-state index contributed by atoms with van der Waals surface area (Å²) < 4.78 is 0. The fourth-order valence-electron chi connectivity index (χ4n) is 25.7. The van der Waals surface area contributed by atoms with Crippen LogP contribution in [0.3, 0.4) is 0 Å². The molecule has 5 aliphatic heterocycles. The molecule has 1 aromatic carbocycles. The molecule has 10 aliphatic rings. The van der Waals surface area contributed by atoms with Crippen LogP contribution in [-0.2, 0) is 24.0 Å². The topological polar surface area (TPSA) is 317 Å². The van der Waals surface area contributed by atoms with E-state index < -0.39 is 5.60 Å². The Morgan fingerprint density at radius 3 is 1.30 bits per heavy atom. The first-order valence-corrected chi connectivity index (χ1v) is 50.2. The van der Waals surface area contributed by atoms with Gasteiger partial charge in [-0.3, -0.25) is 24.0 Å². The van der Waals surface area contributed by atoms with Crippen LogP contribution in [-0.4, -0.2) is 196 Å². The molecule has 10 fully saturated rings. The maximum atomic E-state index is 13.2. The molecule has 0 bridgehead atoms. The normalized spacial score (nSPS) is 26.7. The monoisotopic (exact) mass is 1810 g/mol. The van der Waals surface area contributed by atoms with E-state index in [-0.39, 0.29) is 107 Å². The van der Waals surface area contributed by atoms with Gasteiger partial charge in [0.1, 0.15) is 22.6 Å². The summed E-state index contributed by atoms with van der Waals surface area (Å²) in [6.45, 7) is 17.3. The summed E-state index contributed by atoms with van der Waals surface area (Å²) in [7, 11) is 0. The molecular weight excluding hydrogens is 1670 g/mol. The third kappa shape index (κ3) is 19.6. The average molecular weight is 1810 g/mol. The maximum Gasteiger partial charge on any atom is 0.223 e. The lowest BCUT2D eigenvalue weighted by molar-refractivity contribution is -0.152. The third-order valence-electron chi connectivity index (χ3n) is 32.6. The number of pyridine rings is 4. The number of aliphatic hydroxyl groups is 3. The zero-order chi connectivity index (χ0) is 91.0. The van der Waals surface area contributed by atoms with Gasteiger partial charge in [0, 0.05) is 182 Å². The van der Waals surface area contributed by atoms with Crippen LogP contribution in [0.2, 0.25) is 10.0 Å². The number of carbonyl (C=O) groups excluding carboxylic acids is 5. The first-order chi connectivity index (χ1) is 63.0. The third-order valence-corrected chi connectivity index (χ3v) is 33.3. The Bertz CT molecular complexity index is 5620. The van der Waals surface area contributed by atoms with E-state index in [1.54, 1.807) is 36.9 Å². The van der Waals surface area contributed by atoms with Crippen molar-refractivity contribution < 1.29 is 39.3 Å². The summed E-state index contributed by atoms with van der Waals surface area (Å²) in [5.74, 6) is 2.51. The lowest BCUT2D eigenvalue weighted by Gasteiger charge is -2.52. The van der Waals surface area contributed by atoms with Gasteiger partial charge in [0.05, 0.1) is 52.4 Å². The molecule has 0 spiro atoms. The highest BCUT2D eigenvalue weighted by atomic mass is 35.5. The number of H-pyrrole nitrogens is 5. The number of hydrogen-bond donors (Lipinski definition) is 8. The number of halogens is 2. The van der Waals surface area contributed by atoms with E-state index >= 15 is 0 Å². The minimum atomic E-state index is -0.677. The van der Waals surface area contributed by atoms with Crippen molar-refractivity contribution in [1.82, 2.24) is 69.4 Å². The molecule has 10 aromatic rings. The zero-order valence-corrected chi connectivity index (χ0v) is 79.1. The molecule has 9 aromatic heterocycles. The Morgan fingerprint density at radius 1 is 0.408 bits per heavy atom. The highest BCUT2D eigenvalue weighted by Crippen LogP contribution is 2.51. The zero-order valence-electron chi connectivity index (χ0n) is 77.6. The molecule has 5 saturated carbocycles. The van der Waals surface area contributed by atoms with Crippen molar-refractivity contribution >= 4 is 108 Å². The number of amides is 5. The molecule has 5 saturated heterocycles. The number of nitrogens with zero attached hydrogens (tertiary/aromatic N) is 10. The predicted octanol–water partition coefficient (Wildman–Crippen LogP) is 21.1. The smallest absolute Gasteiger partial charge is 0.223 e. The summed E-state index contributed by atoms with van der Waals surface area (Å²) in [4.78, 5) is 110. The van der Waals surface area contributed by atoms with Gasteiger partial charge in [-0.2, -0.15) is 5.26 Å². The Morgan fingerprint density at radius 2 is 0.777 bits per heavy atom. The lowest BCUT2D eigenvalue weighted by Crippen LogP contribution is -2.60. The number of benzene rings is 1. The first-order valence-electron chi connectivity index (χ1n) is 49.5. The van der Waals surface area contributed by atoms with E-state index in [4.69, 9.17) is 23.2 Å². The largest absolute Gasteiger partial charge is 0.396 e. The van der Waals surface area contributed by atoms with Crippen molar-refractivity contribution in [3.8, 4) is 6.07 Å². The van der Waals surface area contributed by atoms with Crippen molar-refractivity contribution in [3.05, 3.63) is 154 Å². The van der Waals surface area contributed by atoms with E-state index in [1.807, 2.05) is 41.8 Å². The Labute approximate surface area is 776 Å². The van der Waals surface area contributed by atoms with Crippen molar-refractivity contribution in [2.24, 2.45) is 22.2 Å². The molecule has 8 N–H and O–H groups in total. The number of hydrogen-bond acceptors (Lipinski definition) is 13. The molecule has 14 heterocycles. The van der Waals surface area contributed by atoms with Crippen LogP contribution >= 0.6 is 23.2 Å². The van der Waals surface area contributed by atoms with E-state index in [1.165, 1.54) is 73.4 Å². The van der Waals surface area contributed by atoms with Gasteiger partial charge in [-0.05, 0) is 247 Å². The van der Waals surface area contributed by atoms with Gasteiger partial charge in [-0.1, -0.05) is 134 Å². The number of aryl methyl sites for hydroxylation is 1. The molecule has 15 atom stereocenters. The Balaban J connectivity index is 0.000000119. The number of aliphatic hydroxyl groups excluding tert-OH is 2. The number of carbonyl (C=O) groups is 5. The van der Waals surface area contributed by atoms with Crippen LogP contribution in [0.4, 0.5) is 0 Å². The number of aromatic amines is 5. The van der Waals surface area contributed by atoms with Gasteiger partial charge in [0.25, 0.3) is 0 Å². The standard InChI is InChI=1S/C23H29N3O.C21H28ClN3O2.C21H29N3O2.C20H26ClN3O2.C20H27N3O/c1-16-7-5-8-19-22(16)18(14-25-19)17(2)13-21(27)26-12-6-11-23(15-24)10-4-3-9-20(23)26;1-14(15-12-24-20-19(15)16(22)6-9-23-20)11-18(27)25-10-4-8-21(13-26)7-3-2-5-17(21)25;1-15(17-13-23-20-16(17)6-4-10-22-20)12-19(26)24-11-5-9-21(14-25)8-3-2-7-18(21)24;1-13(14-12-23-19-18(14)15(21)6-9-22-19)11-17(25)24-10-4-8-20(26)7-3-2-5-16(20)24;1-14(17-13-22-20-16(17)8-4-10-21-20)12-19(24)23-11-5-7-15-6-2-3-9-18(15)23/h5,7-8,14,17,20,25H,3-4,6,9-13H2,1-2H3;6,9,12,14,17,26H,2-5,7-8,10-11,13H2,1H3,(H,23,24);4,6,10,13,15,18,25H,2-3,5,7-9,11-12,14H2,1H3,(H,22,23);6,9,12-13,16,26H,2-5,7-8,10-11H2,1H3,(H,22,23);4,8,10,13-15,18H,2-3,5-7,9,11-12H2,1H3,(H,21,22). The van der Waals surface area contributed by atoms with E-state index in [0.717, 1.165) is 246 Å². The molecule has 5 amide bonds. The maximum absolute atomic E-state index is 13.2. The molecule has 5 aliphatic carbocycles.